The van der Waals surface area contributed by atoms with Gasteiger partial charge in [0, 0.05) is 30.2 Å². The number of aromatic nitrogens is 1. The molecule has 25 heavy (non-hydrogen) atoms. The lowest BCUT2D eigenvalue weighted by atomic mass is 10.1. The fraction of sp³-hybridized carbons (Fsp3) is 0.235. The third-order valence-electron chi connectivity index (χ3n) is 3.51. The van der Waals surface area contributed by atoms with Crippen molar-refractivity contribution in [3.63, 3.8) is 0 Å². The summed E-state index contributed by atoms with van der Waals surface area (Å²) in [5.41, 5.74) is 6.24. The van der Waals surface area contributed by atoms with Gasteiger partial charge in [0.15, 0.2) is 0 Å². The van der Waals surface area contributed by atoms with Gasteiger partial charge in [-0.3, -0.25) is 14.4 Å². The van der Waals surface area contributed by atoms with Crippen molar-refractivity contribution >= 4 is 39.3 Å². The molecule has 0 saturated heterocycles. The number of carbonyl (C=O) groups is 3. The van der Waals surface area contributed by atoms with Crippen molar-refractivity contribution in [2.24, 2.45) is 5.73 Å². The monoisotopic (exact) mass is 406 g/mol. The van der Waals surface area contributed by atoms with Gasteiger partial charge >= 0.3 is 0 Å². The lowest BCUT2D eigenvalue weighted by molar-refractivity contribution is -0.117. The number of primary amides is 1. The molecule has 0 unspecified atom stereocenters. The van der Waals surface area contributed by atoms with Gasteiger partial charge in [-0.05, 0) is 41.1 Å². The minimum absolute atomic E-state index is 0.0539. The van der Waals surface area contributed by atoms with Gasteiger partial charge in [0.05, 0.1) is 11.3 Å². The molecule has 0 fully saturated rings. The highest BCUT2D eigenvalue weighted by Crippen LogP contribution is 2.19. The zero-order valence-electron chi connectivity index (χ0n) is 13.7. The predicted octanol–water partition coefficient (Wildman–Crippen LogP) is 2.13. The van der Waals surface area contributed by atoms with Crippen molar-refractivity contribution in [1.29, 1.82) is 0 Å². The number of aryl methyl sites for hydroxylation is 1. The van der Waals surface area contributed by atoms with Gasteiger partial charge in [-0.2, -0.15) is 0 Å². The number of rotatable bonds is 7. The maximum Gasteiger partial charge on any atom is 0.272 e. The Morgan fingerprint density at radius 2 is 1.92 bits per heavy atom. The standard InChI is InChI=1S/C17H19BrN4O3/c1-2-22-10-11(18)9-14(22)17(25)21-13-6-4-3-5-12(13)16(24)20-8-7-15(19)23/h3-6,9-10H,2,7-8H2,1H3,(H2,19,23)(H,20,24)(H,21,25). The normalized spacial score (nSPS) is 10.3. The Morgan fingerprint density at radius 3 is 2.60 bits per heavy atom. The lowest BCUT2D eigenvalue weighted by Gasteiger charge is -2.12. The minimum atomic E-state index is -0.493. The highest BCUT2D eigenvalue weighted by molar-refractivity contribution is 9.10. The van der Waals surface area contributed by atoms with E-state index in [2.05, 4.69) is 26.6 Å². The van der Waals surface area contributed by atoms with Gasteiger partial charge in [-0.25, -0.2) is 0 Å². The zero-order valence-corrected chi connectivity index (χ0v) is 15.3. The van der Waals surface area contributed by atoms with Gasteiger partial charge in [0.25, 0.3) is 11.8 Å². The number of amides is 3. The van der Waals surface area contributed by atoms with E-state index in [4.69, 9.17) is 5.73 Å². The Labute approximate surface area is 153 Å². The Bertz CT molecular complexity index is 801. The maximum absolute atomic E-state index is 12.5. The first-order valence-electron chi connectivity index (χ1n) is 7.75. The van der Waals surface area contributed by atoms with Crippen molar-refractivity contribution in [3.8, 4) is 0 Å². The lowest BCUT2D eigenvalue weighted by Crippen LogP contribution is -2.29. The van der Waals surface area contributed by atoms with E-state index < -0.39 is 5.91 Å². The fourth-order valence-electron chi connectivity index (χ4n) is 2.30. The second kappa shape index (κ2) is 8.48. The number of carbonyl (C=O) groups excluding carboxylic acids is 3. The summed E-state index contributed by atoms with van der Waals surface area (Å²) >= 11 is 3.35. The molecule has 7 nitrogen and oxygen atoms in total. The Hall–Kier alpha value is -2.61. The van der Waals surface area contributed by atoms with E-state index in [1.807, 2.05) is 13.1 Å². The molecule has 0 aliphatic heterocycles. The summed E-state index contributed by atoms with van der Waals surface area (Å²) in [6.07, 6.45) is 1.87. The number of benzene rings is 1. The highest BCUT2D eigenvalue weighted by Gasteiger charge is 2.16. The summed E-state index contributed by atoms with van der Waals surface area (Å²) in [5.74, 6) is -1.19. The van der Waals surface area contributed by atoms with Crippen molar-refractivity contribution in [2.75, 3.05) is 11.9 Å². The molecule has 4 N–H and O–H groups in total. The smallest absolute Gasteiger partial charge is 0.272 e. The maximum atomic E-state index is 12.5. The molecule has 1 heterocycles. The third kappa shape index (κ3) is 4.93. The predicted molar refractivity (Wildman–Crippen MR) is 98.3 cm³/mol. The molecule has 0 spiro atoms. The molecule has 8 heteroatoms. The average molecular weight is 407 g/mol. The van der Waals surface area contributed by atoms with Gasteiger partial charge < -0.3 is 20.9 Å². The van der Waals surface area contributed by atoms with Crippen molar-refractivity contribution < 1.29 is 14.4 Å². The minimum Gasteiger partial charge on any atom is -0.370 e. The molecule has 0 aliphatic carbocycles. The number of nitrogens with two attached hydrogens (primary N) is 1. The second-order valence-electron chi connectivity index (χ2n) is 5.30. The molecular formula is C17H19BrN4O3. The molecule has 0 bridgehead atoms. The van der Waals surface area contributed by atoms with Crippen LogP contribution in [0.2, 0.25) is 0 Å². The van der Waals surface area contributed by atoms with Gasteiger partial charge in [0.2, 0.25) is 5.91 Å². The van der Waals surface area contributed by atoms with Crippen molar-refractivity contribution in [3.05, 3.63) is 52.3 Å². The van der Waals surface area contributed by atoms with E-state index in [0.29, 0.717) is 23.5 Å². The first-order chi connectivity index (χ1) is 11.9. The summed E-state index contributed by atoms with van der Waals surface area (Å²) < 4.78 is 2.60. The first-order valence-corrected chi connectivity index (χ1v) is 8.54. The van der Waals surface area contributed by atoms with Crippen LogP contribution < -0.4 is 16.4 Å². The number of nitrogens with one attached hydrogen (secondary N) is 2. The average Bonchev–Trinajstić information content (AvgIpc) is 2.96. The molecule has 0 atom stereocenters. The zero-order chi connectivity index (χ0) is 18.4. The van der Waals surface area contributed by atoms with Crippen LogP contribution in [-0.4, -0.2) is 28.8 Å². The summed E-state index contributed by atoms with van der Waals surface area (Å²) in [5, 5.41) is 5.37. The Kier molecular flexibility index (Phi) is 6.35. The van der Waals surface area contributed by atoms with E-state index in [1.54, 1.807) is 34.9 Å². The molecule has 0 saturated carbocycles. The Balaban J connectivity index is 2.15. The number of anilines is 1. The van der Waals surface area contributed by atoms with Crippen molar-refractivity contribution in [2.45, 2.75) is 19.9 Å². The van der Waals surface area contributed by atoms with Crippen LogP contribution in [0.1, 0.15) is 34.2 Å². The molecule has 3 amide bonds. The van der Waals surface area contributed by atoms with Crippen molar-refractivity contribution in [1.82, 2.24) is 9.88 Å². The SMILES string of the molecule is CCn1cc(Br)cc1C(=O)Nc1ccccc1C(=O)NCCC(N)=O. The van der Waals surface area contributed by atoms with E-state index in [0.717, 1.165) is 4.47 Å². The first kappa shape index (κ1) is 18.7. The highest BCUT2D eigenvalue weighted by atomic mass is 79.9. The van der Waals surface area contributed by atoms with Crippen LogP contribution in [0.25, 0.3) is 0 Å². The summed E-state index contributed by atoms with van der Waals surface area (Å²) in [6, 6.07) is 8.39. The second-order valence-corrected chi connectivity index (χ2v) is 6.22. The number of hydrogen-bond donors (Lipinski definition) is 3. The molecule has 1 aromatic carbocycles. The van der Waals surface area contributed by atoms with Crippen LogP contribution in [0.4, 0.5) is 5.69 Å². The van der Waals surface area contributed by atoms with Crippen LogP contribution >= 0.6 is 15.9 Å². The number of hydrogen-bond acceptors (Lipinski definition) is 3. The quantitative estimate of drug-likeness (QED) is 0.655. The molecular weight excluding hydrogens is 388 g/mol. The summed E-state index contributed by atoms with van der Waals surface area (Å²) in [7, 11) is 0. The topological polar surface area (TPSA) is 106 Å². The van der Waals surface area contributed by atoms with Crippen LogP contribution in [-0.2, 0) is 11.3 Å². The third-order valence-corrected chi connectivity index (χ3v) is 3.95. The van der Waals surface area contributed by atoms with Crippen LogP contribution in [0.5, 0.6) is 0 Å². The van der Waals surface area contributed by atoms with Crippen LogP contribution in [0.3, 0.4) is 0 Å². The van der Waals surface area contributed by atoms with Crippen LogP contribution in [0.15, 0.2) is 41.0 Å². The summed E-state index contributed by atoms with van der Waals surface area (Å²) in [6.45, 7) is 2.72. The van der Waals surface area contributed by atoms with E-state index in [1.165, 1.54) is 0 Å². The molecule has 132 valence electrons. The van der Waals surface area contributed by atoms with Gasteiger partial charge in [0.1, 0.15) is 5.69 Å². The number of halogens is 1. The van der Waals surface area contributed by atoms with E-state index in [9.17, 15) is 14.4 Å². The fourth-order valence-corrected chi connectivity index (χ4v) is 2.76. The largest absolute Gasteiger partial charge is 0.370 e. The summed E-state index contributed by atoms with van der Waals surface area (Å²) in [4.78, 5) is 35.6. The molecule has 2 rings (SSSR count). The van der Waals surface area contributed by atoms with Crippen LogP contribution in [0, 0.1) is 0 Å². The van der Waals surface area contributed by atoms with Gasteiger partial charge in [-0.15, -0.1) is 0 Å². The van der Waals surface area contributed by atoms with Gasteiger partial charge in [-0.1, -0.05) is 12.1 Å². The number of para-hydroxylation sites is 1. The van der Waals surface area contributed by atoms with E-state index >= 15 is 0 Å². The Morgan fingerprint density at radius 1 is 1.20 bits per heavy atom. The number of nitrogens with zero attached hydrogens (tertiary/aromatic N) is 1. The van der Waals surface area contributed by atoms with E-state index in [-0.39, 0.29) is 24.8 Å². The molecule has 0 radical (unpaired) electrons. The molecule has 1 aromatic heterocycles. The molecule has 0 aliphatic rings. The molecule has 2 aromatic rings.